The van der Waals surface area contributed by atoms with E-state index in [0.29, 0.717) is 0 Å². The third-order valence-corrected chi connectivity index (χ3v) is 7.14. The highest BCUT2D eigenvalue weighted by molar-refractivity contribution is 7.19. The molecule has 0 saturated heterocycles. The Kier molecular flexibility index (Phi) is 3.93. The fourth-order valence-corrected chi connectivity index (χ4v) is 6.09. The van der Waals surface area contributed by atoms with Crippen molar-refractivity contribution in [2.75, 3.05) is 0 Å². The van der Waals surface area contributed by atoms with Crippen molar-refractivity contribution in [3.8, 4) is 11.3 Å². The van der Waals surface area contributed by atoms with Gasteiger partial charge in [0.2, 0.25) is 0 Å². The molecule has 0 fully saturated rings. The van der Waals surface area contributed by atoms with Crippen molar-refractivity contribution >= 4 is 21.6 Å². The summed E-state index contributed by atoms with van der Waals surface area (Å²) in [4.78, 5) is 8.03. The maximum atomic E-state index is 5.92. The van der Waals surface area contributed by atoms with Gasteiger partial charge in [-0.1, -0.05) is 19.8 Å². The third-order valence-electron chi connectivity index (χ3n) is 5.99. The molecule has 0 radical (unpaired) electrons. The van der Waals surface area contributed by atoms with Crippen LogP contribution in [-0.4, -0.2) is 4.98 Å². The molecule has 0 aliphatic heterocycles. The van der Waals surface area contributed by atoms with Crippen molar-refractivity contribution in [2.24, 2.45) is 5.92 Å². The summed E-state index contributed by atoms with van der Waals surface area (Å²) in [5, 5.41) is 1.42. The fourth-order valence-electron chi connectivity index (χ4n) is 4.67. The molecule has 3 heteroatoms. The number of aryl methyl sites for hydroxylation is 2. The number of furan rings is 1. The van der Waals surface area contributed by atoms with Gasteiger partial charge in [-0.25, -0.2) is 4.98 Å². The Balaban J connectivity index is 1.82. The molecule has 0 amide bonds. The number of nitrogens with zero attached hydrogens (tertiary/aromatic N) is 1. The minimum atomic E-state index is 0.800. The molecule has 0 aromatic carbocycles. The second kappa shape index (κ2) is 6.28. The van der Waals surface area contributed by atoms with Crippen LogP contribution in [0.1, 0.15) is 60.7 Å². The Morgan fingerprint density at radius 3 is 2.80 bits per heavy atom. The number of hydrogen-bond donors (Lipinski definition) is 0. The molecular formula is C22H25NOS. The van der Waals surface area contributed by atoms with E-state index in [4.69, 9.17) is 9.40 Å². The number of rotatable bonds is 1. The first-order valence-corrected chi connectivity index (χ1v) is 10.6. The molecule has 1 unspecified atom stereocenters. The molecule has 1 atom stereocenters. The summed E-state index contributed by atoms with van der Waals surface area (Å²) in [5.74, 6) is 1.84. The first-order valence-electron chi connectivity index (χ1n) is 9.81. The van der Waals surface area contributed by atoms with E-state index in [2.05, 4.69) is 13.0 Å². The van der Waals surface area contributed by atoms with Crippen LogP contribution in [0.15, 0.2) is 22.8 Å². The Labute approximate surface area is 153 Å². The molecule has 3 aromatic rings. The topological polar surface area (TPSA) is 26.0 Å². The molecule has 3 heterocycles. The van der Waals surface area contributed by atoms with Crippen LogP contribution in [0.5, 0.6) is 0 Å². The number of hydrogen-bond acceptors (Lipinski definition) is 3. The largest absolute Gasteiger partial charge is 0.464 e. The zero-order valence-electron chi connectivity index (χ0n) is 14.9. The Hall–Kier alpha value is -1.61. The van der Waals surface area contributed by atoms with Gasteiger partial charge in [-0.15, -0.1) is 11.3 Å². The summed E-state index contributed by atoms with van der Waals surface area (Å²) in [5.41, 5.74) is 5.76. The molecular weight excluding hydrogens is 326 g/mol. The third kappa shape index (κ3) is 2.64. The minimum Gasteiger partial charge on any atom is -0.464 e. The maximum Gasteiger partial charge on any atom is 0.134 e. The van der Waals surface area contributed by atoms with E-state index < -0.39 is 0 Å². The Morgan fingerprint density at radius 2 is 1.96 bits per heavy atom. The maximum absolute atomic E-state index is 5.92. The van der Waals surface area contributed by atoms with E-state index >= 15 is 0 Å². The highest BCUT2D eigenvalue weighted by Gasteiger charge is 2.27. The zero-order chi connectivity index (χ0) is 16.8. The van der Waals surface area contributed by atoms with Crippen LogP contribution in [0, 0.1) is 5.92 Å². The predicted molar refractivity (Wildman–Crippen MR) is 104 cm³/mol. The zero-order valence-corrected chi connectivity index (χ0v) is 15.8. The monoisotopic (exact) mass is 351 g/mol. The van der Waals surface area contributed by atoms with E-state index in [-0.39, 0.29) is 0 Å². The molecule has 0 N–H and O–H groups in total. The fraction of sp³-hybridized carbons (Fsp3) is 0.500. The van der Waals surface area contributed by atoms with Crippen LogP contribution in [0.4, 0.5) is 0 Å². The van der Waals surface area contributed by atoms with Crippen molar-refractivity contribution in [3.05, 3.63) is 40.1 Å². The smallest absolute Gasteiger partial charge is 0.134 e. The lowest BCUT2D eigenvalue weighted by atomic mass is 9.85. The van der Waals surface area contributed by atoms with E-state index in [0.717, 1.165) is 24.5 Å². The summed E-state index contributed by atoms with van der Waals surface area (Å²) < 4.78 is 5.92. The normalized spacial score (nSPS) is 20.8. The molecule has 130 valence electrons. The molecule has 0 bridgehead atoms. The van der Waals surface area contributed by atoms with E-state index in [1.165, 1.54) is 72.0 Å². The molecule has 2 nitrogen and oxygen atoms in total. The predicted octanol–water partition coefficient (Wildman–Crippen LogP) is 6.34. The average Bonchev–Trinajstić information content (AvgIpc) is 3.21. The van der Waals surface area contributed by atoms with Gasteiger partial charge in [-0.05, 0) is 74.1 Å². The van der Waals surface area contributed by atoms with Crippen LogP contribution >= 0.6 is 11.3 Å². The first kappa shape index (κ1) is 15.6. The van der Waals surface area contributed by atoms with Crippen LogP contribution in [0.2, 0.25) is 0 Å². The number of pyridine rings is 1. The summed E-state index contributed by atoms with van der Waals surface area (Å²) in [6.07, 6.45) is 13.0. The van der Waals surface area contributed by atoms with E-state index in [1.54, 1.807) is 10.4 Å². The second-order valence-electron chi connectivity index (χ2n) is 7.84. The molecule has 2 aliphatic rings. The van der Waals surface area contributed by atoms with Crippen LogP contribution < -0.4 is 0 Å². The second-order valence-corrected chi connectivity index (χ2v) is 8.92. The summed E-state index contributed by atoms with van der Waals surface area (Å²) in [6, 6.07) is 4.17. The molecule has 25 heavy (non-hydrogen) atoms. The van der Waals surface area contributed by atoms with Gasteiger partial charge in [0.15, 0.2) is 0 Å². The lowest BCUT2D eigenvalue weighted by Crippen LogP contribution is -2.09. The van der Waals surface area contributed by atoms with Crippen molar-refractivity contribution in [2.45, 2.75) is 64.7 Å². The molecule has 3 aromatic heterocycles. The van der Waals surface area contributed by atoms with Crippen LogP contribution in [-0.2, 0) is 25.7 Å². The van der Waals surface area contributed by atoms with Gasteiger partial charge in [-0.2, -0.15) is 0 Å². The van der Waals surface area contributed by atoms with Crippen molar-refractivity contribution in [1.29, 1.82) is 0 Å². The standard InChI is InChI=1S/C22H25NOS/c1-14-10-11-16-19(13-14)25-22-21(16)20(18-9-6-12-24-18)15-7-4-2-3-5-8-17(15)23-22/h6,9,12,14H,2-5,7-8,10-11,13H2,1H3. The van der Waals surface area contributed by atoms with E-state index in [9.17, 15) is 0 Å². The van der Waals surface area contributed by atoms with Gasteiger partial charge in [0.05, 0.1) is 6.26 Å². The lowest BCUT2D eigenvalue weighted by Gasteiger charge is -2.20. The van der Waals surface area contributed by atoms with Gasteiger partial charge in [0, 0.05) is 21.5 Å². The van der Waals surface area contributed by atoms with Gasteiger partial charge in [-0.3, -0.25) is 0 Å². The quantitative estimate of drug-likeness (QED) is 0.511. The highest BCUT2D eigenvalue weighted by Crippen LogP contribution is 2.44. The van der Waals surface area contributed by atoms with Crippen LogP contribution in [0.3, 0.4) is 0 Å². The van der Waals surface area contributed by atoms with Crippen molar-refractivity contribution in [3.63, 3.8) is 0 Å². The Morgan fingerprint density at radius 1 is 1.08 bits per heavy atom. The number of fused-ring (bicyclic) bond motifs is 4. The SMILES string of the molecule is CC1CCc2c(sc3nc4c(c(-c5ccco5)c23)CCCCCC4)C1. The lowest BCUT2D eigenvalue weighted by molar-refractivity contribution is 0.509. The molecule has 0 spiro atoms. The Bertz CT molecular complexity index is 906. The number of thiophene rings is 1. The first-order chi connectivity index (χ1) is 12.3. The van der Waals surface area contributed by atoms with Crippen molar-refractivity contribution in [1.82, 2.24) is 4.98 Å². The van der Waals surface area contributed by atoms with Gasteiger partial charge in [0.1, 0.15) is 10.6 Å². The van der Waals surface area contributed by atoms with Gasteiger partial charge < -0.3 is 4.42 Å². The molecule has 5 rings (SSSR count). The van der Waals surface area contributed by atoms with Crippen LogP contribution in [0.25, 0.3) is 21.5 Å². The van der Waals surface area contributed by atoms with Crippen molar-refractivity contribution < 1.29 is 4.42 Å². The molecule has 0 saturated carbocycles. The van der Waals surface area contributed by atoms with Gasteiger partial charge in [0.25, 0.3) is 0 Å². The average molecular weight is 352 g/mol. The summed E-state index contributed by atoms with van der Waals surface area (Å²) in [7, 11) is 0. The van der Waals surface area contributed by atoms with E-state index in [1.807, 2.05) is 23.7 Å². The summed E-state index contributed by atoms with van der Waals surface area (Å²) in [6.45, 7) is 2.38. The minimum absolute atomic E-state index is 0.800. The van der Waals surface area contributed by atoms with Gasteiger partial charge >= 0.3 is 0 Å². The number of aromatic nitrogens is 1. The highest BCUT2D eigenvalue weighted by atomic mass is 32.1. The summed E-state index contributed by atoms with van der Waals surface area (Å²) >= 11 is 1.95. The molecule has 2 aliphatic carbocycles.